The largest absolute Gasteiger partial charge is 0.378 e. The molecule has 1 fully saturated rings. The van der Waals surface area contributed by atoms with Gasteiger partial charge in [0, 0.05) is 43.4 Å². The number of nitrogens with zero attached hydrogens (tertiary/aromatic N) is 4. The number of aromatic nitrogens is 2. The molecule has 3 heterocycles. The maximum Gasteiger partial charge on any atom is 0.286 e. The van der Waals surface area contributed by atoms with E-state index in [1.165, 1.54) is 0 Å². The number of rotatable bonds is 9. The number of morpholine rings is 1. The van der Waals surface area contributed by atoms with Crippen LogP contribution in [-0.2, 0) is 15.2 Å². The molecule has 2 aliphatic rings. The van der Waals surface area contributed by atoms with E-state index < -0.39 is 12.1 Å². The minimum atomic E-state index is -2.86. The van der Waals surface area contributed by atoms with Crippen LogP contribution in [0.4, 0.5) is 31.7 Å². The van der Waals surface area contributed by atoms with Gasteiger partial charge in [-0.25, -0.2) is 18.7 Å². The fraction of sp³-hybridized carbons (Fsp3) is 0.333. The van der Waals surface area contributed by atoms with Crippen LogP contribution in [0.15, 0.2) is 54.6 Å². The number of alkyl halides is 2. The van der Waals surface area contributed by atoms with Crippen LogP contribution >= 0.6 is 0 Å². The van der Waals surface area contributed by atoms with Gasteiger partial charge in [-0.05, 0) is 24.3 Å². The van der Waals surface area contributed by atoms with Crippen molar-refractivity contribution in [2.24, 2.45) is 0 Å². The number of amides is 1. The Labute approximate surface area is 224 Å². The molecule has 3 aromatic rings. The summed E-state index contributed by atoms with van der Waals surface area (Å²) in [5.41, 5.74) is 0.805. The van der Waals surface area contributed by atoms with Crippen LogP contribution in [0.5, 0.6) is 0 Å². The Balaban J connectivity index is 1.45. The Hall–Kier alpha value is -4.34. The molecule has 4 N–H and O–H groups in total. The summed E-state index contributed by atoms with van der Waals surface area (Å²) in [5.74, 6) is 0.212. The standard InChI is InChI=1S/C27H28F2N8O2/c28-25(29)27(35-20-4-1-2-5-21(20)36-27)26-33-22(16-23(34-26)37-12-14-39-15-13-37)18-6-8-19(9-7-18)32-24(38)17-31-11-3-10-30/h1-2,4-9,16,25,31,35-36H,3,11-15,17H2,(H,32,38). The Bertz CT molecular complexity index is 1330. The first kappa shape index (κ1) is 26.3. The van der Waals surface area contributed by atoms with E-state index in [4.69, 9.17) is 10.00 Å². The first-order valence-corrected chi connectivity index (χ1v) is 12.6. The molecule has 12 heteroatoms. The number of nitrogens with one attached hydrogen (secondary N) is 4. The molecular formula is C27H28F2N8O2. The number of fused-ring (bicyclic) bond motifs is 1. The number of benzene rings is 2. The van der Waals surface area contributed by atoms with Gasteiger partial charge in [0.05, 0.1) is 42.9 Å². The van der Waals surface area contributed by atoms with Crippen molar-refractivity contribution >= 4 is 28.8 Å². The zero-order chi connectivity index (χ0) is 27.2. The average molecular weight is 535 g/mol. The lowest BCUT2D eigenvalue weighted by molar-refractivity contribution is -0.115. The van der Waals surface area contributed by atoms with Crippen LogP contribution < -0.4 is 26.2 Å². The van der Waals surface area contributed by atoms with Crippen LogP contribution in [0.3, 0.4) is 0 Å². The van der Waals surface area contributed by atoms with Crippen LogP contribution in [0, 0.1) is 11.3 Å². The van der Waals surface area contributed by atoms with E-state index in [1.54, 1.807) is 54.6 Å². The second-order valence-corrected chi connectivity index (χ2v) is 9.15. The van der Waals surface area contributed by atoms with E-state index in [-0.39, 0.29) is 18.3 Å². The molecule has 1 aromatic heterocycles. The molecule has 0 atom stereocenters. The predicted octanol–water partition coefficient (Wildman–Crippen LogP) is 3.38. The van der Waals surface area contributed by atoms with Gasteiger partial charge in [-0.1, -0.05) is 24.3 Å². The van der Waals surface area contributed by atoms with Crippen LogP contribution in [0.25, 0.3) is 11.3 Å². The summed E-state index contributed by atoms with van der Waals surface area (Å²) in [4.78, 5) is 23.4. The number of hydrogen-bond donors (Lipinski definition) is 4. The van der Waals surface area contributed by atoms with E-state index in [9.17, 15) is 13.6 Å². The van der Waals surface area contributed by atoms with E-state index >= 15 is 0 Å². The van der Waals surface area contributed by atoms with Gasteiger partial charge in [-0.15, -0.1) is 0 Å². The van der Waals surface area contributed by atoms with E-state index in [1.807, 2.05) is 11.0 Å². The highest BCUT2D eigenvalue weighted by Gasteiger charge is 2.49. The minimum absolute atomic E-state index is 0.0754. The van der Waals surface area contributed by atoms with Crippen molar-refractivity contribution in [1.82, 2.24) is 15.3 Å². The van der Waals surface area contributed by atoms with Crippen LogP contribution in [0.1, 0.15) is 12.2 Å². The molecule has 0 spiro atoms. The second kappa shape index (κ2) is 11.6. The molecule has 0 bridgehead atoms. The summed E-state index contributed by atoms with van der Waals surface area (Å²) in [6, 6.07) is 17.8. The van der Waals surface area contributed by atoms with Crippen molar-refractivity contribution in [2.45, 2.75) is 18.5 Å². The van der Waals surface area contributed by atoms with Crippen molar-refractivity contribution in [3.05, 3.63) is 60.4 Å². The molecule has 2 aliphatic heterocycles. The van der Waals surface area contributed by atoms with Crippen molar-refractivity contribution < 1.29 is 18.3 Å². The summed E-state index contributed by atoms with van der Waals surface area (Å²) < 4.78 is 35.0. The fourth-order valence-corrected chi connectivity index (χ4v) is 4.46. The maximum atomic E-state index is 14.8. The summed E-state index contributed by atoms with van der Waals surface area (Å²) in [5, 5.41) is 20.1. The number of carbonyl (C=O) groups excluding carboxylic acids is 1. The Kier molecular flexibility index (Phi) is 7.81. The number of carbonyl (C=O) groups is 1. The first-order chi connectivity index (χ1) is 19.0. The number of hydrogen-bond acceptors (Lipinski definition) is 9. The summed E-state index contributed by atoms with van der Waals surface area (Å²) in [6.07, 6.45) is -2.55. The monoisotopic (exact) mass is 534 g/mol. The lowest BCUT2D eigenvalue weighted by atomic mass is 10.1. The smallest absolute Gasteiger partial charge is 0.286 e. The molecule has 2 aromatic carbocycles. The number of halogens is 2. The highest BCUT2D eigenvalue weighted by atomic mass is 19.3. The Morgan fingerprint density at radius 1 is 1.10 bits per heavy atom. The molecule has 0 unspecified atom stereocenters. The normalized spacial score (nSPS) is 15.7. The molecular weight excluding hydrogens is 506 g/mol. The number of anilines is 4. The maximum absolute atomic E-state index is 14.8. The van der Waals surface area contributed by atoms with Gasteiger partial charge in [0.1, 0.15) is 5.82 Å². The fourth-order valence-electron chi connectivity index (χ4n) is 4.46. The number of ether oxygens (including phenoxy) is 1. The molecule has 1 saturated heterocycles. The van der Waals surface area contributed by atoms with Gasteiger partial charge in [0.15, 0.2) is 5.82 Å². The van der Waals surface area contributed by atoms with Crippen molar-refractivity contribution in [3.8, 4) is 17.3 Å². The van der Waals surface area contributed by atoms with Gasteiger partial charge in [-0.2, -0.15) is 5.26 Å². The van der Waals surface area contributed by atoms with Crippen molar-refractivity contribution in [3.63, 3.8) is 0 Å². The highest BCUT2D eigenvalue weighted by molar-refractivity contribution is 5.92. The lowest BCUT2D eigenvalue weighted by Crippen LogP contribution is -2.48. The third kappa shape index (κ3) is 5.74. The molecule has 202 valence electrons. The third-order valence-corrected chi connectivity index (χ3v) is 6.48. The number of para-hydroxylation sites is 2. The van der Waals surface area contributed by atoms with Crippen LogP contribution in [0.2, 0.25) is 0 Å². The van der Waals surface area contributed by atoms with Crippen molar-refractivity contribution in [1.29, 1.82) is 5.26 Å². The van der Waals surface area contributed by atoms with E-state index in [0.29, 0.717) is 73.4 Å². The summed E-state index contributed by atoms with van der Waals surface area (Å²) in [6.45, 7) is 2.68. The van der Waals surface area contributed by atoms with Gasteiger partial charge < -0.3 is 30.9 Å². The minimum Gasteiger partial charge on any atom is -0.378 e. The number of nitriles is 1. The van der Waals surface area contributed by atoms with Crippen molar-refractivity contribution in [2.75, 3.05) is 60.2 Å². The summed E-state index contributed by atoms with van der Waals surface area (Å²) in [7, 11) is 0. The molecule has 0 saturated carbocycles. The quantitative estimate of drug-likeness (QED) is 0.306. The average Bonchev–Trinajstić information content (AvgIpc) is 3.37. The van der Waals surface area contributed by atoms with Gasteiger partial charge in [0.25, 0.3) is 6.43 Å². The lowest BCUT2D eigenvalue weighted by Gasteiger charge is -2.32. The topological polar surface area (TPSA) is 127 Å². The zero-order valence-electron chi connectivity index (χ0n) is 21.1. The van der Waals surface area contributed by atoms with E-state index in [2.05, 4.69) is 31.2 Å². The van der Waals surface area contributed by atoms with Gasteiger partial charge in [0.2, 0.25) is 11.6 Å². The van der Waals surface area contributed by atoms with E-state index in [0.717, 1.165) is 0 Å². The Morgan fingerprint density at radius 2 is 1.79 bits per heavy atom. The molecule has 39 heavy (non-hydrogen) atoms. The highest BCUT2D eigenvalue weighted by Crippen LogP contribution is 2.42. The summed E-state index contributed by atoms with van der Waals surface area (Å²) >= 11 is 0. The molecule has 0 radical (unpaired) electrons. The van der Waals surface area contributed by atoms with Crippen LogP contribution in [-0.4, -0.2) is 61.7 Å². The molecule has 5 rings (SSSR count). The molecule has 1 amide bonds. The molecule has 10 nitrogen and oxygen atoms in total. The Morgan fingerprint density at radius 3 is 2.44 bits per heavy atom. The predicted molar refractivity (Wildman–Crippen MR) is 144 cm³/mol. The zero-order valence-corrected chi connectivity index (χ0v) is 21.1. The third-order valence-electron chi connectivity index (χ3n) is 6.48. The van der Waals surface area contributed by atoms with Gasteiger partial charge >= 0.3 is 0 Å². The first-order valence-electron chi connectivity index (χ1n) is 12.6. The molecule has 0 aliphatic carbocycles. The second-order valence-electron chi connectivity index (χ2n) is 9.15. The van der Waals surface area contributed by atoms with Gasteiger partial charge in [-0.3, -0.25) is 4.79 Å². The SMILES string of the molecule is N#CCCNCC(=O)Nc1ccc(-c2cc(N3CCOCC3)nc(C3(C(F)F)Nc4ccccc4N3)n2)cc1.